The molecule has 0 bridgehead atoms. The zero-order valence-corrected chi connectivity index (χ0v) is 12.7. The largest absolute Gasteiger partial charge is 0.473 e. The van der Waals surface area contributed by atoms with Crippen molar-refractivity contribution in [2.45, 2.75) is 24.2 Å². The van der Waals surface area contributed by atoms with E-state index in [-0.39, 0.29) is 16.2 Å². The van der Waals surface area contributed by atoms with Crippen molar-refractivity contribution in [3.8, 4) is 5.88 Å². The fourth-order valence-corrected chi connectivity index (χ4v) is 3.59. The molecule has 0 aliphatic heterocycles. The second-order valence-corrected chi connectivity index (χ2v) is 7.15. The van der Waals surface area contributed by atoms with Crippen molar-refractivity contribution >= 4 is 32.7 Å². The van der Waals surface area contributed by atoms with Gasteiger partial charge in [-0.2, -0.15) is 0 Å². The molecule has 0 atom stereocenters. The number of nitrogen functional groups attached to an aromatic ring is 1. The van der Waals surface area contributed by atoms with Gasteiger partial charge >= 0.3 is 0 Å². The molecule has 2 rings (SSSR count). The fraction of sp³-hybridized carbons (Fsp3) is 0.250. The number of nitrogens with one attached hydrogen (secondary N) is 1. The van der Waals surface area contributed by atoms with Crippen LogP contribution in [0.15, 0.2) is 34.0 Å². The maximum absolute atomic E-state index is 12.2. The topological polar surface area (TPSA) is 94.3 Å². The predicted molar refractivity (Wildman–Crippen MR) is 79.5 cm³/mol. The summed E-state index contributed by atoms with van der Waals surface area (Å²) in [7, 11) is -3.68. The first-order chi connectivity index (χ1) is 9.38. The van der Waals surface area contributed by atoms with Crippen LogP contribution in [0.2, 0.25) is 0 Å². The second kappa shape index (κ2) is 5.68. The summed E-state index contributed by atoms with van der Waals surface area (Å²) in [6, 6.07) is 4.64. The van der Waals surface area contributed by atoms with Crippen LogP contribution in [-0.2, 0) is 10.0 Å². The van der Waals surface area contributed by atoms with Crippen molar-refractivity contribution < 1.29 is 13.2 Å². The van der Waals surface area contributed by atoms with Gasteiger partial charge in [0, 0.05) is 17.3 Å². The molecule has 6 nitrogen and oxygen atoms in total. The first kappa shape index (κ1) is 14.6. The van der Waals surface area contributed by atoms with Crippen LogP contribution in [0.4, 0.5) is 11.4 Å². The zero-order valence-electron chi connectivity index (χ0n) is 11.0. The highest BCUT2D eigenvalue weighted by Gasteiger charge is 2.19. The first-order valence-electron chi connectivity index (χ1n) is 5.87. The average molecular weight is 313 g/mol. The lowest BCUT2D eigenvalue weighted by Crippen LogP contribution is -2.15. The Bertz CT molecular complexity index is 695. The molecule has 8 heteroatoms. The van der Waals surface area contributed by atoms with Gasteiger partial charge in [0.15, 0.2) is 0 Å². The minimum atomic E-state index is -3.68. The van der Waals surface area contributed by atoms with E-state index in [0.29, 0.717) is 11.4 Å². The maximum atomic E-state index is 12.2. The Labute approximate surface area is 121 Å². The van der Waals surface area contributed by atoms with Crippen molar-refractivity contribution in [1.82, 2.24) is 4.98 Å². The number of hydrogen-bond donors (Lipinski definition) is 2. The summed E-state index contributed by atoms with van der Waals surface area (Å²) in [5.74, 6) is 0.246. The lowest BCUT2D eigenvalue weighted by Gasteiger charge is -2.13. The van der Waals surface area contributed by atoms with Crippen LogP contribution in [0, 0.1) is 0 Å². The van der Waals surface area contributed by atoms with E-state index in [1.165, 1.54) is 6.07 Å². The van der Waals surface area contributed by atoms with Crippen molar-refractivity contribution in [2.75, 3.05) is 10.5 Å². The smallest absolute Gasteiger partial charge is 0.271 e. The minimum absolute atomic E-state index is 0.106. The Balaban J connectivity index is 2.30. The van der Waals surface area contributed by atoms with E-state index < -0.39 is 10.0 Å². The third-order valence-electron chi connectivity index (χ3n) is 2.22. The molecule has 0 spiro atoms. The first-order valence-corrected chi connectivity index (χ1v) is 8.23. The molecule has 3 N–H and O–H groups in total. The number of rotatable bonds is 5. The van der Waals surface area contributed by atoms with Crippen LogP contribution < -0.4 is 15.2 Å². The maximum Gasteiger partial charge on any atom is 0.271 e. The highest BCUT2D eigenvalue weighted by atomic mass is 32.2. The lowest BCUT2D eigenvalue weighted by atomic mass is 10.4. The molecule has 0 fully saturated rings. The van der Waals surface area contributed by atoms with Crippen LogP contribution in [0.3, 0.4) is 0 Å². The summed E-state index contributed by atoms with van der Waals surface area (Å²) in [5.41, 5.74) is 6.26. The molecule has 2 heterocycles. The Morgan fingerprint density at radius 1 is 1.45 bits per heavy atom. The van der Waals surface area contributed by atoms with Crippen LogP contribution in [0.1, 0.15) is 13.8 Å². The molecule has 20 heavy (non-hydrogen) atoms. The second-order valence-electron chi connectivity index (χ2n) is 4.33. The molecule has 0 aromatic carbocycles. The average Bonchev–Trinajstić information content (AvgIpc) is 2.78. The van der Waals surface area contributed by atoms with E-state index in [1.807, 2.05) is 13.8 Å². The van der Waals surface area contributed by atoms with Gasteiger partial charge in [-0.25, -0.2) is 13.4 Å². The van der Waals surface area contributed by atoms with Crippen molar-refractivity contribution in [1.29, 1.82) is 0 Å². The van der Waals surface area contributed by atoms with Gasteiger partial charge in [0.25, 0.3) is 10.0 Å². The summed E-state index contributed by atoms with van der Waals surface area (Å²) in [4.78, 5) is 4.03. The lowest BCUT2D eigenvalue weighted by molar-refractivity contribution is 0.234. The number of nitrogens with zero attached hydrogens (tertiary/aromatic N) is 1. The molecule has 0 amide bonds. The van der Waals surface area contributed by atoms with Gasteiger partial charge in [0.05, 0.1) is 6.10 Å². The molecule has 108 valence electrons. The summed E-state index contributed by atoms with van der Waals surface area (Å²) >= 11 is 1.06. The van der Waals surface area contributed by atoms with Gasteiger partial charge in [0.1, 0.15) is 9.90 Å². The van der Waals surface area contributed by atoms with Gasteiger partial charge in [-0.15, -0.1) is 11.3 Å². The molecular formula is C12H15N3O3S2. The van der Waals surface area contributed by atoms with E-state index in [9.17, 15) is 8.42 Å². The van der Waals surface area contributed by atoms with E-state index in [1.54, 1.807) is 23.7 Å². The molecule has 0 saturated heterocycles. The fourth-order valence-electron chi connectivity index (χ4n) is 1.45. The monoisotopic (exact) mass is 313 g/mol. The Morgan fingerprint density at radius 2 is 2.20 bits per heavy atom. The quantitative estimate of drug-likeness (QED) is 0.883. The number of hydrogen-bond acceptors (Lipinski definition) is 6. The number of sulfonamides is 1. The summed E-state index contributed by atoms with van der Waals surface area (Å²) < 4.78 is 32.5. The van der Waals surface area contributed by atoms with E-state index in [2.05, 4.69) is 9.71 Å². The van der Waals surface area contributed by atoms with E-state index in [4.69, 9.17) is 10.5 Å². The number of anilines is 2. The highest BCUT2D eigenvalue weighted by molar-refractivity contribution is 7.94. The Kier molecular flexibility index (Phi) is 4.15. The molecule has 0 radical (unpaired) electrons. The molecule has 0 aliphatic rings. The number of pyridine rings is 1. The van der Waals surface area contributed by atoms with Crippen molar-refractivity contribution in [3.63, 3.8) is 0 Å². The predicted octanol–water partition coefficient (Wildman–Crippen LogP) is 2.31. The minimum Gasteiger partial charge on any atom is -0.473 e. The molecular weight excluding hydrogens is 298 g/mol. The Morgan fingerprint density at radius 3 is 2.80 bits per heavy atom. The Hall–Kier alpha value is -1.80. The SMILES string of the molecule is CC(C)Oc1ncccc1NS(=O)(=O)c1cc(N)cs1. The number of aromatic nitrogens is 1. The third kappa shape index (κ3) is 3.40. The van der Waals surface area contributed by atoms with Crippen LogP contribution in [0.25, 0.3) is 0 Å². The van der Waals surface area contributed by atoms with Crippen LogP contribution in [0.5, 0.6) is 5.88 Å². The molecule has 0 aliphatic carbocycles. The van der Waals surface area contributed by atoms with Crippen molar-refractivity contribution in [3.05, 3.63) is 29.8 Å². The standard InChI is InChI=1S/C12H15N3O3S2/c1-8(2)18-12-10(4-3-5-14-12)15-20(16,17)11-6-9(13)7-19-11/h3-8,15H,13H2,1-2H3. The number of ether oxygens (including phenoxy) is 1. The van der Waals surface area contributed by atoms with E-state index in [0.717, 1.165) is 11.3 Å². The molecule has 0 unspecified atom stereocenters. The van der Waals surface area contributed by atoms with Gasteiger partial charge in [0.2, 0.25) is 5.88 Å². The third-order valence-corrected chi connectivity index (χ3v) is 5.05. The number of thiophene rings is 1. The van der Waals surface area contributed by atoms with Crippen LogP contribution in [-0.4, -0.2) is 19.5 Å². The zero-order chi connectivity index (χ0) is 14.8. The van der Waals surface area contributed by atoms with Gasteiger partial charge in [-0.05, 0) is 32.0 Å². The molecule has 2 aromatic heterocycles. The van der Waals surface area contributed by atoms with Crippen LogP contribution >= 0.6 is 11.3 Å². The molecule has 2 aromatic rings. The van der Waals surface area contributed by atoms with Crippen molar-refractivity contribution in [2.24, 2.45) is 0 Å². The molecule has 0 saturated carbocycles. The van der Waals surface area contributed by atoms with E-state index >= 15 is 0 Å². The van der Waals surface area contributed by atoms with Gasteiger partial charge in [-0.1, -0.05) is 0 Å². The normalized spacial score (nSPS) is 11.6. The summed E-state index contributed by atoms with van der Waals surface area (Å²) in [6.45, 7) is 3.68. The highest BCUT2D eigenvalue weighted by Crippen LogP contribution is 2.28. The summed E-state index contributed by atoms with van der Waals surface area (Å²) in [5, 5.41) is 1.57. The summed E-state index contributed by atoms with van der Waals surface area (Å²) in [6.07, 6.45) is 1.43. The number of nitrogens with two attached hydrogens (primary N) is 1. The van der Waals surface area contributed by atoms with Gasteiger partial charge < -0.3 is 10.5 Å². The van der Waals surface area contributed by atoms with Gasteiger partial charge in [-0.3, -0.25) is 4.72 Å².